The van der Waals surface area contributed by atoms with E-state index in [1.165, 1.54) is 29.2 Å². The minimum Gasteiger partial charge on any atom is -0.541 e. The SMILES string of the molecule is CC(C)[Si](Oc1c2c(c(CC(=O)O)c3cc(Cc4ccc(F)cc4)cnc13)CN(C)C2=O)(C(C)C)C(C)C.CC(O)CN.CC(O)CNC(=O)Cc1c2c(c(O)c3ncc(Cc4ccc(F)cc4)cc13)C(=O)N(C)C2. The quantitative estimate of drug-likeness (QED) is 0.0503. The summed E-state index contributed by atoms with van der Waals surface area (Å²) in [6, 6.07) is 16.3. The van der Waals surface area contributed by atoms with Gasteiger partial charge in [-0.2, -0.15) is 0 Å². The van der Waals surface area contributed by atoms with E-state index >= 15 is 0 Å². The molecular weight excluding hydrogens is 979 g/mol. The number of carbonyl (C=O) groups is 4. The normalized spacial score (nSPS) is 13.9. The molecule has 0 bridgehead atoms. The molecule has 0 aliphatic carbocycles. The van der Waals surface area contributed by atoms with Crippen molar-refractivity contribution in [2.24, 2.45) is 5.73 Å². The van der Waals surface area contributed by atoms with E-state index in [1.54, 1.807) is 69.5 Å². The number of phenolic OH excluding ortho intramolecular Hbond substituents is 1. The molecule has 0 saturated heterocycles. The minimum atomic E-state index is -2.47. The lowest BCUT2D eigenvalue weighted by molar-refractivity contribution is -0.136. The Morgan fingerprint density at radius 1 is 0.693 bits per heavy atom. The number of rotatable bonds is 16. The first-order chi connectivity index (χ1) is 35.4. The van der Waals surface area contributed by atoms with Crippen LogP contribution in [0.25, 0.3) is 21.8 Å². The number of aliphatic hydroxyl groups excluding tert-OH is 2. The second-order valence-corrected chi connectivity index (χ2v) is 26.0. The van der Waals surface area contributed by atoms with Crippen LogP contribution < -0.4 is 15.5 Å². The number of carbonyl (C=O) groups excluding carboxylic acids is 3. The standard InChI is InChI=1S/C30H37FN2O4Si.C24H24FN3O4.C3H9NO/c1-17(2)38(18(3)4,19(5)6)37-29-27-25(16-33(7)30(27)36)23(14-26(34)35)24-13-21(15-32-28(24)29)12-20-8-10-22(31)11-9-20;1-13(29)10-26-20(30)9-17-18-8-15(7-14-3-5-16(25)6-4-14)11-27-22(18)23(31)21-19(17)12-28(2)24(21)32;1-3(5)2-4/h8-11,13,15,17-19H,12,14,16H2,1-7H3,(H,34,35);3-6,8,11,13,29,31H,7,9-10,12H2,1-2H3,(H,26,30);3,5H,2,4H2,1H3. The maximum absolute atomic E-state index is 13.5. The zero-order valence-corrected chi connectivity index (χ0v) is 45.4. The Morgan fingerprint density at radius 2 is 1.12 bits per heavy atom. The molecule has 2 unspecified atom stereocenters. The molecule has 0 saturated carbocycles. The molecule has 2 aliphatic rings. The van der Waals surface area contributed by atoms with Gasteiger partial charge in [-0.05, 0) is 124 Å². The molecule has 15 nitrogen and oxygen atoms in total. The van der Waals surface area contributed by atoms with Gasteiger partial charge in [0, 0.05) is 63.4 Å². The molecule has 0 radical (unpaired) electrons. The van der Waals surface area contributed by atoms with Crippen LogP contribution in [-0.2, 0) is 48.4 Å². The second-order valence-electron chi connectivity index (χ2n) is 20.7. The third kappa shape index (κ3) is 12.8. The number of hydrogen-bond acceptors (Lipinski definition) is 11. The van der Waals surface area contributed by atoms with Gasteiger partial charge < -0.3 is 45.7 Å². The minimum absolute atomic E-state index is 0.0192. The van der Waals surface area contributed by atoms with Crippen molar-refractivity contribution in [1.82, 2.24) is 25.1 Å². The van der Waals surface area contributed by atoms with E-state index in [2.05, 4.69) is 51.8 Å². The number of hydrogen-bond donors (Lipinski definition) is 6. The molecule has 400 valence electrons. The van der Waals surface area contributed by atoms with Gasteiger partial charge >= 0.3 is 5.97 Å². The zero-order valence-electron chi connectivity index (χ0n) is 44.4. The number of amides is 3. The Bertz CT molecular complexity index is 3050. The Balaban J connectivity index is 0.000000226. The maximum atomic E-state index is 13.5. The van der Waals surface area contributed by atoms with Gasteiger partial charge in [0.1, 0.15) is 28.4 Å². The molecule has 0 fully saturated rings. The number of pyridine rings is 2. The molecule has 8 rings (SSSR count). The van der Waals surface area contributed by atoms with Crippen LogP contribution >= 0.6 is 0 Å². The number of nitrogens with zero attached hydrogens (tertiary/aromatic N) is 4. The highest BCUT2D eigenvalue weighted by Crippen LogP contribution is 2.48. The summed E-state index contributed by atoms with van der Waals surface area (Å²) in [5.41, 5.74) is 13.2. The average Bonchev–Trinajstić information content (AvgIpc) is 3.82. The average molecular weight is 1050 g/mol. The molecule has 0 spiro atoms. The van der Waals surface area contributed by atoms with Gasteiger partial charge in [-0.15, -0.1) is 0 Å². The van der Waals surface area contributed by atoms with Crippen LogP contribution in [0.1, 0.15) is 121 Å². The third-order valence-electron chi connectivity index (χ3n) is 13.9. The predicted octanol–water partition coefficient (Wildman–Crippen LogP) is 8.35. The lowest BCUT2D eigenvalue weighted by Gasteiger charge is -2.42. The number of benzene rings is 4. The van der Waals surface area contributed by atoms with Gasteiger partial charge in [0.05, 0.1) is 36.2 Å². The summed E-state index contributed by atoms with van der Waals surface area (Å²) in [4.78, 5) is 63.0. The van der Waals surface area contributed by atoms with E-state index in [-0.39, 0.29) is 94.8 Å². The first-order valence-corrected chi connectivity index (χ1v) is 27.4. The van der Waals surface area contributed by atoms with Crippen molar-refractivity contribution in [2.75, 3.05) is 27.2 Å². The maximum Gasteiger partial charge on any atom is 0.307 e. The topological polar surface area (TPSA) is 229 Å². The second kappa shape index (κ2) is 24.2. The summed E-state index contributed by atoms with van der Waals surface area (Å²) in [6.07, 6.45) is 3.11. The molecule has 2 aliphatic heterocycles. The van der Waals surface area contributed by atoms with Crippen molar-refractivity contribution < 1.29 is 52.8 Å². The van der Waals surface area contributed by atoms with Crippen LogP contribution in [0.5, 0.6) is 11.5 Å². The van der Waals surface area contributed by atoms with Gasteiger partial charge in [0.2, 0.25) is 5.91 Å². The van der Waals surface area contributed by atoms with Gasteiger partial charge in [-0.1, -0.05) is 65.8 Å². The van der Waals surface area contributed by atoms with Crippen LogP contribution in [0.3, 0.4) is 0 Å². The highest BCUT2D eigenvalue weighted by atomic mass is 28.4. The van der Waals surface area contributed by atoms with Crippen molar-refractivity contribution in [2.45, 2.75) is 123 Å². The molecule has 2 aromatic heterocycles. The van der Waals surface area contributed by atoms with E-state index in [9.17, 15) is 43.3 Å². The number of nitrogens with one attached hydrogen (secondary N) is 1. The van der Waals surface area contributed by atoms with Crippen molar-refractivity contribution in [3.8, 4) is 11.5 Å². The number of phenols is 1. The lowest BCUT2D eigenvalue weighted by atomic mass is 9.93. The van der Waals surface area contributed by atoms with Crippen molar-refractivity contribution in [3.05, 3.63) is 140 Å². The number of carboxylic acids is 1. The molecule has 18 heteroatoms. The Labute approximate surface area is 437 Å². The number of halogens is 2. The summed E-state index contributed by atoms with van der Waals surface area (Å²) < 4.78 is 33.8. The van der Waals surface area contributed by atoms with E-state index in [4.69, 9.17) is 20.3 Å². The first kappa shape index (κ1) is 57.4. The Hall–Kier alpha value is -6.86. The molecule has 4 aromatic carbocycles. The van der Waals surface area contributed by atoms with Crippen LogP contribution in [-0.4, -0.2) is 112 Å². The number of carboxylic acid groups (broad SMARTS) is 1. The van der Waals surface area contributed by atoms with Gasteiger partial charge in [-0.3, -0.25) is 29.1 Å². The number of aromatic hydroxyl groups is 1. The van der Waals surface area contributed by atoms with Gasteiger partial charge in [0.15, 0.2) is 5.75 Å². The van der Waals surface area contributed by atoms with Crippen LogP contribution in [0, 0.1) is 11.6 Å². The fourth-order valence-electron chi connectivity index (χ4n) is 10.3. The fraction of sp³-hybridized carbons (Fsp3) is 0.404. The highest BCUT2D eigenvalue weighted by Gasteiger charge is 2.49. The largest absolute Gasteiger partial charge is 0.541 e. The van der Waals surface area contributed by atoms with Crippen molar-refractivity contribution in [1.29, 1.82) is 0 Å². The number of aromatic nitrogens is 2. The van der Waals surface area contributed by atoms with E-state index in [0.29, 0.717) is 75.8 Å². The number of nitrogens with two attached hydrogens (primary N) is 1. The summed E-state index contributed by atoms with van der Waals surface area (Å²) in [7, 11) is 0.893. The molecular formula is C57H70F2N6O9Si. The van der Waals surface area contributed by atoms with E-state index in [0.717, 1.165) is 22.3 Å². The fourth-order valence-corrected chi connectivity index (χ4v) is 15.6. The Morgan fingerprint density at radius 3 is 1.56 bits per heavy atom. The lowest BCUT2D eigenvalue weighted by Crippen LogP contribution is -2.51. The number of fused-ring (bicyclic) bond motifs is 4. The van der Waals surface area contributed by atoms with E-state index in [1.807, 2.05) is 12.1 Å². The van der Waals surface area contributed by atoms with Crippen molar-refractivity contribution >= 4 is 53.8 Å². The summed E-state index contributed by atoms with van der Waals surface area (Å²) in [5, 5.41) is 42.3. The highest BCUT2D eigenvalue weighted by molar-refractivity contribution is 6.78. The van der Waals surface area contributed by atoms with Crippen LogP contribution in [0.4, 0.5) is 8.78 Å². The molecule has 7 N–H and O–H groups in total. The first-order valence-electron chi connectivity index (χ1n) is 25.2. The molecule has 75 heavy (non-hydrogen) atoms. The van der Waals surface area contributed by atoms with Gasteiger partial charge in [0.25, 0.3) is 20.1 Å². The zero-order chi connectivity index (χ0) is 55.2. The van der Waals surface area contributed by atoms with Crippen LogP contribution in [0.15, 0.2) is 73.1 Å². The molecule has 6 aromatic rings. The molecule has 4 heterocycles. The van der Waals surface area contributed by atoms with E-state index < -0.39 is 20.4 Å². The smallest absolute Gasteiger partial charge is 0.307 e. The summed E-state index contributed by atoms with van der Waals surface area (Å²) in [6.45, 7) is 17.4. The third-order valence-corrected chi connectivity index (χ3v) is 19.9. The van der Waals surface area contributed by atoms with Crippen molar-refractivity contribution in [3.63, 3.8) is 0 Å². The summed E-state index contributed by atoms with van der Waals surface area (Å²) >= 11 is 0. The predicted molar refractivity (Wildman–Crippen MR) is 287 cm³/mol. The Kier molecular flexibility index (Phi) is 18.5. The van der Waals surface area contributed by atoms with Gasteiger partial charge in [-0.25, -0.2) is 8.78 Å². The molecule has 2 atom stereocenters. The van der Waals surface area contributed by atoms with Crippen LogP contribution in [0.2, 0.25) is 16.6 Å². The number of aliphatic carboxylic acids is 1. The molecule has 3 amide bonds. The monoisotopic (exact) mass is 1050 g/mol. The number of aliphatic hydroxyl groups is 2. The summed E-state index contributed by atoms with van der Waals surface area (Å²) in [5.74, 6) is -2.06.